The van der Waals surface area contributed by atoms with Gasteiger partial charge in [0.2, 0.25) is 0 Å². The van der Waals surface area contributed by atoms with Crippen molar-refractivity contribution in [3.05, 3.63) is 76.6 Å². The van der Waals surface area contributed by atoms with Crippen LogP contribution in [0.4, 0.5) is 10.5 Å². The van der Waals surface area contributed by atoms with E-state index in [4.69, 9.17) is 21.5 Å². The minimum absolute atomic E-state index is 0.0440. The number of carbonyl (C=O) groups is 1. The summed E-state index contributed by atoms with van der Waals surface area (Å²) >= 11 is 5.96. The first-order valence-corrected chi connectivity index (χ1v) is 10.1. The maximum absolute atomic E-state index is 12.2. The Labute approximate surface area is 180 Å². The number of nitrogens with one attached hydrogen (secondary N) is 1. The van der Waals surface area contributed by atoms with Crippen LogP contribution in [0, 0.1) is 12.3 Å². The maximum atomic E-state index is 12.2. The second-order valence-corrected chi connectivity index (χ2v) is 8.66. The van der Waals surface area contributed by atoms with E-state index in [1.165, 1.54) is 0 Å². The molecule has 0 spiro atoms. The first-order valence-electron chi connectivity index (χ1n) is 9.77. The van der Waals surface area contributed by atoms with E-state index in [0.29, 0.717) is 17.1 Å². The molecule has 0 aliphatic heterocycles. The number of nitrogens with zero attached hydrogens (tertiary/aromatic N) is 3. The van der Waals surface area contributed by atoms with Gasteiger partial charge in [-0.05, 0) is 55.5 Å². The van der Waals surface area contributed by atoms with Gasteiger partial charge in [-0.3, -0.25) is 10.2 Å². The van der Waals surface area contributed by atoms with Crippen molar-refractivity contribution in [1.82, 2.24) is 9.78 Å². The van der Waals surface area contributed by atoms with Gasteiger partial charge in [0.15, 0.2) is 0 Å². The largest absolute Gasteiger partial charge is 0.437 e. The fourth-order valence-corrected chi connectivity index (χ4v) is 4.03. The van der Waals surface area contributed by atoms with Gasteiger partial charge in [0.1, 0.15) is 0 Å². The zero-order chi connectivity index (χ0) is 21.3. The molecule has 1 amide bonds. The Morgan fingerprint density at radius 1 is 1.17 bits per heavy atom. The number of anilines is 1. The SMILES string of the molecule is Cc1nn(-c2ccccc2)c2c1/C(=N/OC(=O)Nc1cccc(Cl)c1)CC(C)(C)C2. The van der Waals surface area contributed by atoms with Crippen LogP contribution in [0.3, 0.4) is 0 Å². The summed E-state index contributed by atoms with van der Waals surface area (Å²) < 4.78 is 1.97. The molecule has 154 valence electrons. The molecule has 0 bridgehead atoms. The third-order valence-corrected chi connectivity index (χ3v) is 5.28. The lowest BCUT2D eigenvalue weighted by atomic mass is 9.75. The van der Waals surface area contributed by atoms with Crippen LogP contribution in [-0.4, -0.2) is 21.6 Å². The average Bonchev–Trinajstić information content (AvgIpc) is 3.02. The Morgan fingerprint density at radius 3 is 2.67 bits per heavy atom. The van der Waals surface area contributed by atoms with Gasteiger partial charge in [-0.15, -0.1) is 0 Å². The molecule has 1 aliphatic carbocycles. The second kappa shape index (κ2) is 7.95. The first kappa shape index (κ1) is 20.2. The summed E-state index contributed by atoms with van der Waals surface area (Å²) in [6, 6.07) is 16.9. The number of halogens is 1. The van der Waals surface area contributed by atoms with Crippen molar-refractivity contribution in [3.8, 4) is 5.69 Å². The van der Waals surface area contributed by atoms with Crippen molar-refractivity contribution < 1.29 is 9.63 Å². The second-order valence-electron chi connectivity index (χ2n) is 8.22. The van der Waals surface area contributed by atoms with Gasteiger partial charge in [-0.2, -0.15) is 5.10 Å². The van der Waals surface area contributed by atoms with E-state index in [0.717, 1.165) is 34.8 Å². The molecule has 0 saturated carbocycles. The molecule has 2 aromatic carbocycles. The highest BCUT2D eigenvalue weighted by atomic mass is 35.5. The number of benzene rings is 2. The third-order valence-electron chi connectivity index (χ3n) is 5.05. The van der Waals surface area contributed by atoms with Gasteiger partial charge in [0.25, 0.3) is 0 Å². The predicted octanol–water partition coefficient (Wildman–Crippen LogP) is 5.76. The minimum atomic E-state index is -0.664. The Morgan fingerprint density at radius 2 is 1.93 bits per heavy atom. The molecular weight excluding hydrogens is 400 g/mol. The lowest BCUT2D eigenvalue weighted by molar-refractivity contribution is 0.165. The van der Waals surface area contributed by atoms with Crippen molar-refractivity contribution >= 4 is 29.1 Å². The van der Waals surface area contributed by atoms with E-state index in [1.807, 2.05) is 41.9 Å². The highest BCUT2D eigenvalue weighted by Gasteiger charge is 2.35. The Hall–Kier alpha value is -3.12. The summed E-state index contributed by atoms with van der Waals surface area (Å²) in [7, 11) is 0. The molecule has 7 heteroatoms. The molecule has 0 fully saturated rings. The van der Waals surface area contributed by atoms with Gasteiger partial charge < -0.3 is 0 Å². The molecular formula is C23H23ClN4O2. The molecule has 0 saturated heterocycles. The lowest BCUT2D eigenvalue weighted by Crippen LogP contribution is -2.29. The number of fused-ring (bicyclic) bond motifs is 1. The van der Waals surface area contributed by atoms with Crippen molar-refractivity contribution in [3.63, 3.8) is 0 Å². The smallest absolute Gasteiger partial charge is 0.297 e. The Kier molecular flexibility index (Phi) is 5.35. The average molecular weight is 423 g/mol. The standard InChI is InChI=1S/C23H23ClN4O2/c1-15-21-19(27-30-22(29)25-17-9-7-8-16(24)12-17)13-23(2,3)14-20(21)28(26-15)18-10-5-4-6-11-18/h4-12H,13-14H2,1-3H3,(H,25,29)/b27-19+. The molecule has 1 N–H and O–H groups in total. The van der Waals surface area contributed by atoms with Crippen LogP contribution >= 0.6 is 11.6 Å². The number of para-hydroxylation sites is 1. The predicted molar refractivity (Wildman–Crippen MR) is 118 cm³/mol. The first-order chi connectivity index (χ1) is 14.3. The molecule has 0 atom stereocenters. The number of rotatable bonds is 3. The van der Waals surface area contributed by atoms with Crippen molar-refractivity contribution in [2.24, 2.45) is 10.6 Å². The number of oxime groups is 1. The summed E-state index contributed by atoms with van der Waals surface area (Å²) in [4.78, 5) is 17.5. The van der Waals surface area contributed by atoms with Crippen LogP contribution in [0.5, 0.6) is 0 Å². The molecule has 6 nitrogen and oxygen atoms in total. The van der Waals surface area contributed by atoms with E-state index >= 15 is 0 Å². The monoisotopic (exact) mass is 422 g/mol. The van der Waals surface area contributed by atoms with Gasteiger partial charge in [-0.25, -0.2) is 9.48 Å². The number of hydrogen-bond donors (Lipinski definition) is 1. The summed E-state index contributed by atoms with van der Waals surface area (Å²) in [6.45, 7) is 6.31. The highest BCUT2D eigenvalue weighted by Crippen LogP contribution is 2.37. The van der Waals surface area contributed by atoms with E-state index in [2.05, 4.69) is 24.3 Å². The van der Waals surface area contributed by atoms with Crippen LogP contribution < -0.4 is 5.32 Å². The zero-order valence-corrected chi connectivity index (χ0v) is 17.9. The van der Waals surface area contributed by atoms with Crippen molar-refractivity contribution in [2.75, 3.05) is 5.32 Å². The van der Waals surface area contributed by atoms with Crippen molar-refractivity contribution in [2.45, 2.75) is 33.6 Å². The number of aryl methyl sites for hydroxylation is 1. The quantitative estimate of drug-likeness (QED) is 0.431. The van der Waals surface area contributed by atoms with Crippen LogP contribution in [-0.2, 0) is 11.3 Å². The molecule has 1 heterocycles. The Balaban J connectivity index is 1.63. The molecule has 0 unspecified atom stereocenters. The van der Waals surface area contributed by atoms with E-state index in [-0.39, 0.29) is 5.41 Å². The maximum Gasteiger partial charge on any atom is 0.437 e. The Bertz CT molecular complexity index is 1120. The van der Waals surface area contributed by atoms with Crippen LogP contribution in [0.2, 0.25) is 5.02 Å². The number of hydrogen-bond acceptors (Lipinski definition) is 4. The van der Waals surface area contributed by atoms with E-state index < -0.39 is 6.09 Å². The molecule has 4 rings (SSSR count). The summed E-state index contributed by atoms with van der Waals surface area (Å²) in [5.41, 5.74) is 5.12. The molecule has 3 aromatic rings. The fraction of sp³-hybridized carbons (Fsp3) is 0.261. The normalized spacial score (nSPS) is 16.2. The number of amides is 1. The van der Waals surface area contributed by atoms with Gasteiger partial charge in [0.05, 0.1) is 22.8 Å². The van der Waals surface area contributed by atoms with Gasteiger partial charge in [0, 0.05) is 16.3 Å². The summed E-state index contributed by atoms with van der Waals surface area (Å²) in [6.07, 6.45) is 0.875. The molecule has 1 aromatic heterocycles. The zero-order valence-electron chi connectivity index (χ0n) is 17.1. The van der Waals surface area contributed by atoms with E-state index in [9.17, 15) is 4.79 Å². The topological polar surface area (TPSA) is 68.5 Å². The third kappa shape index (κ3) is 4.24. The summed E-state index contributed by atoms with van der Waals surface area (Å²) in [5, 5.41) is 12.1. The van der Waals surface area contributed by atoms with Gasteiger partial charge >= 0.3 is 6.09 Å². The highest BCUT2D eigenvalue weighted by molar-refractivity contribution is 6.30. The fourth-order valence-electron chi connectivity index (χ4n) is 3.84. The molecule has 1 aliphatic rings. The summed E-state index contributed by atoms with van der Waals surface area (Å²) in [5.74, 6) is 0. The van der Waals surface area contributed by atoms with Crippen LogP contribution in [0.25, 0.3) is 5.69 Å². The van der Waals surface area contributed by atoms with Crippen molar-refractivity contribution in [1.29, 1.82) is 0 Å². The van der Waals surface area contributed by atoms with Gasteiger partial charge in [-0.1, -0.05) is 54.9 Å². The number of aromatic nitrogens is 2. The van der Waals surface area contributed by atoms with E-state index in [1.54, 1.807) is 24.3 Å². The number of carbonyl (C=O) groups excluding carboxylic acids is 1. The van der Waals surface area contributed by atoms with Crippen LogP contribution in [0.15, 0.2) is 59.8 Å². The minimum Gasteiger partial charge on any atom is -0.297 e. The molecule has 30 heavy (non-hydrogen) atoms. The van der Waals surface area contributed by atoms with Crippen LogP contribution in [0.1, 0.15) is 37.2 Å². The molecule has 0 radical (unpaired) electrons. The lowest BCUT2D eigenvalue weighted by Gasteiger charge is -2.30.